The average molecular weight is 374 g/mol. The maximum Gasteiger partial charge on any atom is 0.321 e. The van der Waals surface area contributed by atoms with Gasteiger partial charge in [0.1, 0.15) is 5.88 Å². The van der Waals surface area contributed by atoms with Crippen molar-refractivity contribution in [2.45, 2.75) is 19.5 Å². The van der Waals surface area contributed by atoms with Crippen LogP contribution in [-0.2, 0) is 17.9 Å². The zero-order valence-corrected chi connectivity index (χ0v) is 15.4. The van der Waals surface area contributed by atoms with Gasteiger partial charge in [0.15, 0.2) is 0 Å². The molecule has 5 nitrogen and oxygen atoms in total. The molecule has 2 rings (SSSR count). The van der Waals surface area contributed by atoms with E-state index in [1.54, 1.807) is 0 Å². The van der Waals surface area contributed by atoms with Gasteiger partial charge in [0.05, 0.1) is 0 Å². The Bertz CT molecular complexity index is 638. The van der Waals surface area contributed by atoms with Gasteiger partial charge in [-0.15, -0.1) is 11.6 Å². The highest BCUT2D eigenvalue weighted by atomic mass is 35.5. The average Bonchev–Trinajstić information content (AvgIpc) is 2.66. The van der Waals surface area contributed by atoms with Crippen LogP contribution in [0.4, 0.5) is 4.79 Å². The number of nitrogens with zero attached hydrogens (tertiary/aromatic N) is 1. The van der Waals surface area contributed by atoms with E-state index in [0.29, 0.717) is 6.54 Å². The second-order valence-electron chi connectivity index (χ2n) is 5.97. The number of benzene rings is 2. The molecular weight excluding hydrogens is 350 g/mol. The molecule has 0 spiro atoms. The monoisotopic (exact) mass is 373 g/mol. The van der Waals surface area contributed by atoms with Gasteiger partial charge in [0, 0.05) is 26.2 Å². The smallest absolute Gasteiger partial charge is 0.321 e. The van der Waals surface area contributed by atoms with Crippen LogP contribution in [0.1, 0.15) is 17.5 Å². The molecule has 0 radical (unpaired) electrons. The first-order valence-corrected chi connectivity index (χ1v) is 9.14. The summed E-state index contributed by atoms with van der Waals surface area (Å²) in [4.78, 5) is 24.9. The minimum atomic E-state index is -0.506. The van der Waals surface area contributed by atoms with E-state index in [2.05, 4.69) is 39.8 Å². The van der Waals surface area contributed by atoms with Crippen molar-refractivity contribution in [3.8, 4) is 0 Å². The largest absolute Gasteiger partial charge is 0.338 e. The maximum atomic E-state index is 11.5. The number of urea groups is 1. The topological polar surface area (TPSA) is 61.4 Å². The van der Waals surface area contributed by atoms with Gasteiger partial charge < -0.3 is 5.32 Å². The molecule has 2 aromatic rings. The lowest BCUT2D eigenvalue weighted by atomic mass is 10.1. The van der Waals surface area contributed by atoms with Crippen molar-refractivity contribution in [1.82, 2.24) is 15.5 Å². The van der Waals surface area contributed by atoms with Crippen LogP contribution in [0.2, 0.25) is 0 Å². The number of carbonyl (C=O) groups is 2. The number of halogens is 1. The Balaban J connectivity index is 1.83. The highest BCUT2D eigenvalue weighted by molar-refractivity contribution is 6.28. The molecule has 0 saturated carbocycles. The lowest BCUT2D eigenvalue weighted by Crippen LogP contribution is -2.41. The van der Waals surface area contributed by atoms with Gasteiger partial charge in [-0.05, 0) is 17.5 Å². The normalized spacial score (nSPS) is 10.5. The molecular formula is C20H24ClN3O2. The molecule has 6 heteroatoms. The standard InChI is InChI=1S/C20H24ClN3O2/c21-14-19(25)23-20(26)22-12-7-13-24(15-17-8-3-1-4-9-17)16-18-10-5-2-6-11-18/h1-6,8-11H,7,12-16H2,(H2,22,23,25,26). The second-order valence-corrected chi connectivity index (χ2v) is 6.24. The quantitative estimate of drug-likeness (QED) is 0.524. The van der Waals surface area contributed by atoms with Crippen molar-refractivity contribution in [1.29, 1.82) is 0 Å². The molecule has 0 fully saturated rings. The second kappa shape index (κ2) is 11.3. The van der Waals surface area contributed by atoms with Gasteiger partial charge in [-0.3, -0.25) is 15.0 Å². The van der Waals surface area contributed by atoms with Crippen molar-refractivity contribution in [3.63, 3.8) is 0 Å². The summed E-state index contributed by atoms with van der Waals surface area (Å²) in [6, 6.07) is 20.1. The summed E-state index contributed by atoms with van der Waals surface area (Å²) in [5.74, 6) is -0.728. The van der Waals surface area contributed by atoms with E-state index in [1.807, 2.05) is 36.4 Å². The van der Waals surface area contributed by atoms with Gasteiger partial charge in [0.25, 0.3) is 0 Å². The minimum absolute atomic E-state index is 0.227. The third-order valence-electron chi connectivity index (χ3n) is 3.81. The summed E-state index contributed by atoms with van der Waals surface area (Å²) in [6.07, 6.45) is 0.780. The van der Waals surface area contributed by atoms with Crippen LogP contribution in [0.3, 0.4) is 0 Å². The summed E-state index contributed by atoms with van der Waals surface area (Å²) in [5.41, 5.74) is 2.50. The molecule has 138 valence electrons. The molecule has 0 aliphatic carbocycles. The Morgan fingerprint density at radius 3 is 1.92 bits per heavy atom. The van der Waals surface area contributed by atoms with Gasteiger partial charge in [-0.2, -0.15) is 0 Å². The maximum absolute atomic E-state index is 11.5. The molecule has 0 aromatic heterocycles. The molecule has 0 saturated heterocycles. The molecule has 0 heterocycles. The van der Waals surface area contributed by atoms with Crippen molar-refractivity contribution in [2.24, 2.45) is 0 Å². The van der Waals surface area contributed by atoms with Crippen LogP contribution in [-0.4, -0.2) is 35.8 Å². The molecule has 2 N–H and O–H groups in total. The van der Waals surface area contributed by atoms with E-state index in [1.165, 1.54) is 11.1 Å². The fourth-order valence-electron chi connectivity index (χ4n) is 2.61. The highest BCUT2D eigenvalue weighted by Gasteiger charge is 2.09. The predicted molar refractivity (Wildman–Crippen MR) is 104 cm³/mol. The van der Waals surface area contributed by atoms with E-state index >= 15 is 0 Å². The Kier molecular flexibility index (Phi) is 8.66. The number of amides is 3. The number of hydrogen-bond acceptors (Lipinski definition) is 3. The summed E-state index contributed by atoms with van der Waals surface area (Å²) in [6.45, 7) is 2.99. The van der Waals surface area contributed by atoms with Crippen LogP contribution in [0, 0.1) is 0 Å². The Hall–Kier alpha value is -2.37. The Labute approximate surface area is 159 Å². The van der Waals surface area contributed by atoms with E-state index in [9.17, 15) is 9.59 Å². The first-order valence-electron chi connectivity index (χ1n) is 8.61. The molecule has 0 bridgehead atoms. The van der Waals surface area contributed by atoms with E-state index in [4.69, 9.17) is 11.6 Å². The number of hydrogen-bond donors (Lipinski definition) is 2. The Morgan fingerprint density at radius 1 is 0.885 bits per heavy atom. The zero-order valence-electron chi connectivity index (χ0n) is 14.7. The summed E-state index contributed by atoms with van der Waals surface area (Å²) in [5, 5.41) is 4.84. The van der Waals surface area contributed by atoms with Crippen molar-refractivity contribution >= 4 is 23.5 Å². The van der Waals surface area contributed by atoms with Gasteiger partial charge in [0.2, 0.25) is 5.91 Å². The van der Waals surface area contributed by atoms with Gasteiger partial charge in [-0.1, -0.05) is 60.7 Å². The summed E-state index contributed by atoms with van der Waals surface area (Å²) < 4.78 is 0. The fourth-order valence-corrected chi connectivity index (χ4v) is 2.67. The van der Waals surface area contributed by atoms with Crippen molar-refractivity contribution < 1.29 is 9.59 Å². The fraction of sp³-hybridized carbons (Fsp3) is 0.300. The molecule has 2 aromatic carbocycles. The third-order valence-corrected chi connectivity index (χ3v) is 4.05. The number of rotatable bonds is 9. The van der Waals surface area contributed by atoms with E-state index in [0.717, 1.165) is 26.1 Å². The lowest BCUT2D eigenvalue weighted by Gasteiger charge is -2.22. The van der Waals surface area contributed by atoms with Gasteiger partial charge in [-0.25, -0.2) is 4.79 Å². The number of imide groups is 1. The first kappa shape index (κ1) is 19.9. The predicted octanol–water partition coefficient (Wildman–Crippen LogP) is 3.14. The molecule has 0 aliphatic heterocycles. The van der Waals surface area contributed by atoms with Crippen LogP contribution in [0.5, 0.6) is 0 Å². The third kappa shape index (κ3) is 7.68. The van der Waals surface area contributed by atoms with Crippen LogP contribution < -0.4 is 10.6 Å². The van der Waals surface area contributed by atoms with Crippen LogP contribution >= 0.6 is 11.6 Å². The lowest BCUT2D eigenvalue weighted by molar-refractivity contribution is -0.117. The van der Waals surface area contributed by atoms with Gasteiger partial charge >= 0.3 is 6.03 Å². The molecule has 0 aliphatic rings. The Morgan fingerprint density at radius 2 is 1.42 bits per heavy atom. The van der Waals surface area contributed by atoms with Crippen molar-refractivity contribution in [2.75, 3.05) is 19.0 Å². The van der Waals surface area contributed by atoms with Crippen molar-refractivity contribution in [3.05, 3.63) is 71.8 Å². The molecule has 3 amide bonds. The number of carbonyl (C=O) groups excluding carboxylic acids is 2. The molecule has 0 atom stereocenters. The number of nitrogens with one attached hydrogen (secondary N) is 2. The SMILES string of the molecule is O=C(CCl)NC(=O)NCCCN(Cc1ccccc1)Cc1ccccc1. The van der Waals surface area contributed by atoms with Crippen LogP contribution in [0.15, 0.2) is 60.7 Å². The minimum Gasteiger partial charge on any atom is -0.338 e. The molecule has 26 heavy (non-hydrogen) atoms. The zero-order chi connectivity index (χ0) is 18.6. The highest BCUT2D eigenvalue weighted by Crippen LogP contribution is 2.10. The molecule has 0 unspecified atom stereocenters. The van der Waals surface area contributed by atoms with E-state index in [-0.39, 0.29) is 5.88 Å². The summed E-state index contributed by atoms with van der Waals surface area (Å²) >= 11 is 5.35. The van der Waals surface area contributed by atoms with Crippen LogP contribution in [0.25, 0.3) is 0 Å². The number of alkyl halides is 1. The summed E-state index contributed by atoms with van der Waals surface area (Å²) in [7, 11) is 0. The van der Waals surface area contributed by atoms with E-state index < -0.39 is 11.9 Å². The first-order chi connectivity index (χ1) is 12.7.